The van der Waals surface area contributed by atoms with E-state index in [1.807, 2.05) is 30.3 Å². The minimum Gasteiger partial charge on any atom is -0.480 e. The Hall–Kier alpha value is -2.51. The molecule has 9 nitrogen and oxygen atoms in total. The normalized spacial score (nSPS) is 16.5. The standard InChI is InChI=1S/C25H37N2O7P/c1-2-3-4-10-18-35(32)34-22(23(28)27-17-11-14-21(27)24(29)30)15-8-9-16-26-25(31)33-19-20-12-6-5-7-13-20/h5-7,12-13,21-22H,2-4,8-11,14-19H2,1H3,(H-,26,29,30,31)/p+1/t21-,22-/m0/s1. The average molecular weight is 510 g/mol. The lowest BCUT2D eigenvalue weighted by atomic mass is 10.1. The van der Waals surface area contributed by atoms with E-state index in [2.05, 4.69) is 12.2 Å². The fraction of sp³-hybridized carbons (Fsp3) is 0.640. The zero-order valence-corrected chi connectivity index (χ0v) is 21.4. The fourth-order valence-electron chi connectivity index (χ4n) is 3.98. The van der Waals surface area contributed by atoms with Crippen molar-refractivity contribution in [2.45, 2.75) is 83.5 Å². The van der Waals surface area contributed by atoms with Crippen LogP contribution < -0.4 is 5.32 Å². The molecule has 10 heteroatoms. The summed E-state index contributed by atoms with van der Waals surface area (Å²) in [6, 6.07) is 8.51. The maximum atomic E-state index is 13.1. The molecule has 1 aliphatic heterocycles. The maximum absolute atomic E-state index is 13.1. The molecule has 2 amide bonds. The number of hydrogen-bond donors (Lipinski definition) is 2. The minimum absolute atomic E-state index is 0.184. The molecule has 0 aliphatic carbocycles. The smallest absolute Gasteiger partial charge is 0.480 e. The zero-order valence-electron chi connectivity index (χ0n) is 20.5. The van der Waals surface area contributed by atoms with E-state index in [4.69, 9.17) is 9.26 Å². The summed E-state index contributed by atoms with van der Waals surface area (Å²) in [5.74, 6) is -1.45. The maximum Gasteiger partial charge on any atom is 0.508 e. The van der Waals surface area contributed by atoms with Crippen LogP contribution in [0.5, 0.6) is 0 Å². The number of carboxylic acid groups (broad SMARTS) is 1. The van der Waals surface area contributed by atoms with Crippen molar-refractivity contribution in [1.82, 2.24) is 10.2 Å². The Morgan fingerprint density at radius 2 is 1.91 bits per heavy atom. The average Bonchev–Trinajstić information content (AvgIpc) is 3.35. The second-order valence-corrected chi connectivity index (χ2v) is 10.0. The van der Waals surface area contributed by atoms with Crippen LogP contribution in [0.15, 0.2) is 30.3 Å². The minimum atomic E-state index is -2.01. The van der Waals surface area contributed by atoms with Crippen molar-refractivity contribution in [3.8, 4) is 0 Å². The van der Waals surface area contributed by atoms with Crippen molar-refractivity contribution in [1.29, 1.82) is 0 Å². The van der Waals surface area contributed by atoms with Gasteiger partial charge in [-0.05, 0) is 55.1 Å². The summed E-state index contributed by atoms with van der Waals surface area (Å²) in [7, 11) is -2.01. The zero-order chi connectivity index (χ0) is 25.5. The van der Waals surface area contributed by atoms with Gasteiger partial charge in [0.2, 0.25) is 0 Å². The van der Waals surface area contributed by atoms with Crippen molar-refractivity contribution < 1.29 is 33.3 Å². The highest BCUT2D eigenvalue weighted by Gasteiger charge is 2.40. The molecule has 0 radical (unpaired) electrons. The predicted octanol–water partition coefficient (Wildman–Crippen LogP) is 4.87. The summed E-state index contributed by atoms with van der Waals surface area (Å²) < 4.78 is 23.3. The molecule has 0 saturated carbocycles. The van der Waals surface area contributed by atoms with Gasteiger partial charge in [0.05, 0.1) is 0 Å². The van der Waals surface area contributed by atoms with Gasteiger partial charge in [0.1, 0.15) is 12.6 Å². The Morgan fingerprint density at radius 3 is 2.63 bits per heavy atom. The molecule has 194 valence electrons. The number of alkyl carbamates (subject to hydrolysis) is 1. The molecular formula is C25H38N2O7P+. The molecule has 35 heavy (non-hydrogen) atoms. The van der Waals surface area contributed by atoms with E-state index in [1.165, 1.54) is 4.90 Å². The first-order valence-electron chi connectivity index (χ1n) is 12.5. The Labute approximate surface area is 208 Å². The number of nitrogens with zero attached hydrogens (tertiary/aromatic N) is 1. The number of hydrogen-bond acceptors (Lipinski definition) is 6. The molecule has 0 aromatic heterocycles. The van der Waals surface area contributed by atoms with E-state index >= 15 is 0 Å². The number of nitrogens with one attached hydrogen (secondary N) is 1. The Kier molecular flexibility index (Phi) is 13.3. The molecule has 1 unspecified atom stereocenters. The summed E-state index contributed by atoms with van der Waals surface area (Å²) in [5.41, 5.74) is 0.895. The van der Waals surface area contributed by atoms with Crippen molar-refractivity contribution >= 4 is 26.0 Å². The highest BCUT2D eigenvalue weighted by atomic mass is 31.1. The number of carboxylic acids is 1. The number of amides is 2. The summed E-state index contributed by atoms with van der Waals surface area (Å²) in [6.45, 7) is 3.00. The quantitative estimate of drug-likeness (QED) is 0.241. The number of aliphatic carboxylic acids is 1. The van der Waals surface area contributed by atoms with Crippen LogP contribution in [0.4, 0.5) is 4.79 Å². The van der Waals surface area contributed by atoms with Gasteiger partial charge in [-0.3, -0.25) is 4.79 Å². The van der Waals surface area contributed by atoms with Crippen molar-refractivity contribution in [3.63, 3.8) is 0 Å². The molecule has 0 spiro atoms. The lowest BCUT2D eigenvalue weighted by Crippen LogP contribution is -2.45. The van der Waals surface area contributed by atoms with E-state index in [-0.39, 0.29) is 6.61 Å². The Balaban J connectivity index is 1.79. The fourth-order valence-corrected chi connectivity index (χ4v) is 5.04. The summed E-state index contributed by atoms with van der Waals surface area (Å²) in [4.78, 5) is 37.8. The van der Waals surface area contributed by atoms with Crippen LogP contribution in [-0.4, -0.2) is 59.4 Å². The van der Waals surface area contributed by atoms with E-state index in [0.717, 1.165) is 31.2 Å². The van der Waals surface area contributed by atoms with E-state index in [9.17, 15) is 24.1 Å². The topological polar surface area (TPSA) is 122 Å². The number of ether oxygens (including phenoxy) is 1. The molecule has 1 saturated heterocycles. The van der Waals surface area contributed by atoms with E-state index in [0.29, 0.717) is 51.4 Å². The molecular weight excluding hydrogens is 471 g/mol. The van der Waals surface area contributed by atoms with E-state index < -0.39 is 38.1 Å². The molecule has 1 aliphatic rings. The molecule has 1 fully saturated rings. The number of carbonyl (C=O) groups excluding carboxylic acids is 2. The van der Waals surface area contributed by atoms with Gasteiger partial charge in [-0.1, -0.05) is 50.1 Å². The molecule has 2 N–H and O–H groups in total. The Morgan fingerprint density at radius 1 is 1.14 bits per heavy atom. The highest BCUT2D eigenvalue weighted by Crippen LogP contribution is 2.30. The van der Waals surface area contributed by atoms with Gasteiger partial charge >= 0.3 is 20.1 Å². The van der Waals surface area contributed by atoms with Gasteiger partial charge in [-0.15, -0.1) is 4.52 Å². The third-order valence-corrected chi connectivity index (χ3v) is 7.08. The molecule has 3 atom stereocenters. The van der Waals surface area contributed by atoms with Crippen molar-refractivity contribution in [3.05, 3.63) is 35.9 Å². The van der Waals surface area contributed by atoms with Gasteiger partial charge in [-0.2, -0.15) is 0 Å². The van der Waals surface area contributed by atoms with Gasteiger partial charge < -0.3 is 20.1 Å². The van der Waals surface area contributed by atoms with Crippen LogP contribution in [-0.2, 0) is 30.0 Å². The van der Waals surface area contributed by atoms with Crippen LogP contribution in [0.25, 0.3) is 0 Å². The van der Waals surface area contributed by atoms with Gasteiger partial charge in [0.15, 0.2) is 12.3 Å². The van der Waals surface area contributed by atoms with Crippen molar-refractivity contribution in [2.75, 3.05) is 19.3 Å². The van der Waals surface area contributed by atoms with Crippen LogP contribution in [0.3, 0.4) is 0 Å². The molecule has 1 aromatic carbocycles. The molecule has 1 aromatic rings. The van der Waals surface area contributed by atoms with Gasteiger partial charge in [-0.25, -0.2) is 9.59 Å². The summed E-state index contributed by atoms with van der Waals surface area (Å²) in [5, 5.41) is 12.1. The van der Waals surface area contributed by atoms with Gasteiger partial charge in [0, 0.05) is 13.1 Å². The first-order valence-corrected chi connectivity index (χ1v) is 13.9. The van der Waals surface area contributed by atoms with Crippen LogP contribution in [0.1, 0.15) is 70.3 Å². The van der Waals surface area contributed by atoms with Crippen molar-refractivity contribution in [2.24, 2.45) is 0 Å². The first kappa shape index (κ1) is 28.7. The van der Waals surface area contributed by atoms with Crippen LogP contribution in [0, 0.1) is 0 Å². The third kappa shape index (κ3) is 10.7. The summed E-state index contributed by atoms with van der Waals surface area (Å²) in [6.07, 6.45) is 5.21. The predicted molar refractivity (Wildman–Crippen MR) is 132 cm³/mol. The largest absolute Gasteiger partial charge is 0.508 e. The monoisotopic (exact) mass is 509 g/mol. The SMILES string of the molecule is CCCCCC[P+](=O)O[C@@H](CCCCNC(=O)OCc1ccccc1)C(=O)N1CCC[C@H]1C(=O)O. The number of benzene rings is 1. The number of unbranched alkanes of at least 4 members (excludes halogenated alkanes) is 4. The number of rotatable bonds is 16. The second-order valence-electron chi connectivity index (χ2n) is 8.72. The lowest BCUT2D eigenvalue weighted by Gasteiger charge is -2.24. The highest BCUT2D eigenvalue weighted by molar-refractivity contribution is 7.39. The summed E-state index contributed by atoms with van der Waals surface area (Å²) >= 11 is 0. The molecule has 1 heterocycles. The number of carbonyl (C=O) groups is 3. The molecule has 0 bridgehead atoms. The first-order chi connectivity index (χ1) is 16.9. The third-order valence-electron chi connectivity index (χ3n) is 5.91. The second kappa shape index (κ2) is 16.2. The van der Waals surface area contributed by atoms with E-state index in [1.54, 1.807) is 0 Å². The molecule has 2 rings (SSSR count). The van der Waals surface area contributed by atoms with Crippen LogP contribution in [0.2, 0.25) is 0 Å². The Bertz CT molecular complexity index is 821. The van der Waals surface area contributed by atoms with Crippen LogP contribution >= 0.6 is 8.03 Å². The number of likely N-dealkylation sites (tertiary alicyclic amines) is 1. The van der Waals surface area contributed by atoms with Gasteiger partial charge in [0.25, 0.3) is 5.91 Å². The lowest BCUT2D eigenvalue weighted by molar-refractivity contribution is -0.151.